The standard InChI is InChI=1S/C13H28O3Si/c1-8-10-17(7)15-12(5,9-2)13(6,16-17)11(3,4)14/h14H,8-10H2,1-7H3. The van der Waals surface area contributed by atoms with Gasteiger partial charge in [0.25, 0.3) is 0 Å². The molecule has 0 amide bonds. The normalized spacial score (nSPS) is 43.1. The molecule has 0 aromatic carbocycles. The topological polar surface area (TPSA) is 38.7 Å². The number of hydrogen-bond donors (Lipinski definition) is 1. The molecule has 1 fully saturated rings. The van der Waals surface area contributed by atoms with Crippen molar-refractivity contribution >= 4 is 8.56 Å². The van der Waals surface area contributed by atoms with Gasteiger partial charge in [-0.2, -0.15) is 0 Å². The highest BCUT2D eigenvalue weighted by Gasteiger charge is 2.65. The van der Waals surface area contributed by atoms with Gasteiger partial charge in [0.1, 0.15) is 5.60 Å². The molecule has 3 unspecified atom stereocenters. The van der Waals surface area contributed by atoms with E-state index >= 15 is 0 Å². The summed E-state index contributed by atoms with van der Waals surface area (Å²) in [6.07, 6.45) is 1.91. The molecule has 0 aromatic heterocycles. The molecular weight excluding hydrogens is 232 g/mol. The molecule has 0 aromatic rings. The smallest absolute Gasteiger partial charge is 0.336 e. The van der Waals surface area contributed by atoms with Crippen molar-refractivity contribution in [2.24, 2.45) is 0 Å². The molecule has 102 valence electrons. The second kappa shape index (κ2) is 4.33. The van der Waals surface area contributed by atoms with Crippen molar-refractivity contribution in [1.29, 1.82) is 0 Å². The van der Waals surface area contributed by atoms with Crippen LogP contribution in [0.2, 0.25) is 12.6 Å². The van der Waals surface area contributed by atoms with E-state index in [0.717, 1.165) is 18.9 Å². The molecule has 0 spiro atoms. The maximum Gasteiger partial charge on any atom is 0.336 e. The zero-order chi connectivity index (χ0) is 13.5. The third kappa shape index (κ3) is 2.32. The Balaban J connectivity index is 3.14. The van der Waals surface area contributed by atoms with E-state index in [4.69, 9.17) is 8.85 Å². The van der Waals surface area contributed by atoms with Gasteiger partial charge in [0.2, 0.25) is 0 Å². The molecule has 1 aliphatic rings. The Hall–Kier alpha value is 0.0969. The second-order valence-corrected chi connectivity index (χ2v) is 9.44. The number of rotatable bonds is 4. The Kier molecular flexibility index (Phi) is 3.86. The van der Waals surface area contributed by atoms with E-state index in [1.165, 1.54) is 0 Å². The molecule has 1 N–H and O–H groups in total. The third-order valence-electron chi connectivity index (χ3n) is 4.42. The van der Waals surface area contributed by atoms with Crippen molar-refractivity contribution < 1.29 is 14.0 Å². The monoisotopic (exact) mass is 260 g/mol. The van der Waals surface area contributed by atoms with Crippen LogP contribution in [0, 0.1) is 0 Å². The van der Waals surface area contributed by atoms with Crippen LogP contribution in [0.1, 0.15) is 54.4 Å². The lowest BCUT2D eigenvalue weighted by Crippen LogP contribution is -2.60. The van der Waals surface area contributed by atoms with E-state index in [2.05, 4.69) is 27.3 Å². The van der Waals surface area contributed by atoms with Crippen LogP contribution in [-0.2, 0) is 8.85 Å². The molecule has 0 saturated carbocycles. The third-order valence-corrected chi connectivity index (χ3v) is 7.55. The van der Waals surface area contributed by atoms with Gasteiger partial charge in [-0.15, -0.1) is 0 Å². The highest BCUT2D eigenvalue weighted by Crippen LogP contribution is 2.50. The Bertz CT molecular complexity index is 289. The van der Waals surface area contributed by atoms with Gasteiger partial charge in [-0.3, -0.25) is 0 Å². The average molecular weight is 260 g/mol. The van der Waals surface area contributed by atoms with Gasteiger partial charge in [0.15, 0.2) is 0 Å². The zero-order valence-corrected chi connectivity index (χ0v) is 13.4. The summed E-state index contributed by atoms with van der Waals surface area (Å²) in [6, 6.07) is 0.980. The van der Waals surface area contributed by atoms with Gasteiger partial charge in [-0.05, 0) is 46.7 Å². The molecular formula is C13H28O3Si. The first-order valence-corrected chi connectivity index (χ1v) is 9.19. The van der Waals surface area contributed by atoms with Crippen LogP contribution in [-0.4, -0.2) is 30.5 Å². The van der Waals surface area contributed by atoms with Gasteiger partial charge < -0.3 is 14.0 Å². The molecule has 4 heteroatoms. The fraction of sp³-hybridized carbons (Fsp3) is 1.00. The van der Waals surface area contributed by atoms with E-state index in [1.807, 2.05) is 20.8 Å². The molecule has 0 radical (unpaired) electrons. The van der Waals surface area contributed by atoms with E-state index in [1.54, 1.807) is 0 Å². The van der Waals surface area contributed by atoms with Crippen LogP contribution in [0.5, 0.6) is 0 Å². The average Bonchev–Trinajstić information content (AvgIpc) is 2.35. The molecule has 0 bridgehead atoms. The van der Waals surface area contributed by atoms with E-state index in [0.29, 0.717) is 0 Å². The summed E-state index contributed by atoms with van der Waals surface area (Å²) in [6.45, 7) is 14.0. The number of aliphatic hydroxyl groups is 1. The van der Waals surface area contributed by atoms with E-state index < -0.39 is 25.4 Å². The largest absolute Gasteiger partial charge is 0.387 e. The second-order valence-electron chi connectivity index (χ2n) is 6.26. The summed E-state index contributed by atoms with van der Waals surface area (Å²) in [7, 11) is -2.15. The Morgan fingerprint density at radius 1 is 1.18 bits per heavy atom. The van der Waals surface area contributed by atoms with Crippen molar-refractivity contribution in [3.8, 4) is 0 Å². The maximum absolute atomic E-state index is 10.5. The van der Waals surface area contributed by atoms with Crippen molar-refractivity contribution in [1.82, 2.24) is 0 Å². The fourth-order valence-corrected chi connectivity index (χ4v) is 6.65. The first-order valence-electron chi connectivity index (χ1n) is 6.66. The van der Waals surface area contributed by atoms with Crippen molar-refractivity contribution in [2.75, 3.05) is 0 Å². The minimum Gasteiger partial charge on any atom is -0.387 e. The summed E-state index contributed by atoms with van der Waals surface area (Å²) in [5.41, 5.74) is -1.94. The lowest BCUT2D eigenvalue weighted by molar-refractivity contribution is -0.153. The van der Waals surface area contributed by atoms with Crippen molar-refractivity contribution in [2.45, 2.75) is 83.8 Å². The molecule has 3 atom stereocenters. The van der Waals surface area contributed by atoms with Crippen LogP contribution in [0.4, 0.5) is 0 Å². The molecule has 1 saturated heterocycles. The predicted molar refractivity (Wildman–Crippen MR) is 72.3 cm³/mol. The molecule has 1 heterocycles. The minimum absolute atomic E-state index is 0.401. The van der Waals surface area contributed by atoms with Gasteiger partial charge in [-0.1, -0.05) is 20.3 Å². The van der Waals surface area contributed by atoms with Crippen molar-refractivity contribution in [3.05, 3.63) is 0 Å². The predicted octanol–water partition coefficient (Wildman–Crippen LogP) is 3.21. The van der Waals surface area contributed by atoms with Crippen LogP contribution >= 0.6 is 0 Å². The highest BCUT2D eigenvalue weighted by atomic mass is 28.4. The van der Waals surface area contributed by atoms with Crippen LogP contribution < -0.4 is 0 Å². The summed E-state index contributed by atoms with van der Waals surface area (Å²) >= 11 is 0. The highest BCUT2D eigenvalue weighted by molar-refractivity contribution is 6.66. The molecule has 17 heavy (non-hydrogen) atoms. The lowest BCUT2D eigenvalue weighted by Gasteiger charge is -2.46. The quantitative estimate of drug-likeness (QED) is 0.789. The van der Waals surface area contributed by atoms with E-state index in [9.17, 15) is 5.11 Å². The lowest BCUT2D eigenvalue weighted by atomic mass is 9.73. The van der Waals surface area contributed by atoms with Crippen molar-refractivity contribution in [3.63, 3.8) is 0 Å². The minimum atomic E-state index is -2.15. The number of hydrogen-bond acceptors (Lipinski definition) is 3. The van der Waals surface area contributed by atoms with Gasteiger partial charge in [0.05, 0.1) is 11.2 Å². The summed E-state index contributed by atoms with van der Waals surface area (Å²) in [5.74, 6) is 0. The fourth-order valence-electron chi connectivity index (χ4n) is 2.87. The first-order chi connectivity index (χ1) is 7.54. The molecule has 3 nitrogen and oxygen atoms in total. The zero-order valence-electron chi connectivity index (χ0n) is 12.4. The maximum atomic E-state index is 10.5. The molecule has 1 rings (SSSR count). The molecule has 0 aliphatic carbocycles. The molecule has 1 aliphatic heterocycles. The van der Waals surface area contributed by atoms with Crippen LogP contribution in [0.15, 0.2) is 0 Å². The van der Waals surface area contributed by atoms with E-state index in [-0.39, 0.29) is 0 Å². The Morgan fingerprint density at radius 3 is 2.00 bits per heavy atom. The summed E-state index contributed by atoms with van der Waals surface area (Å²) in [5, 5.41) is 10.5. The SMILES string of the molecule is CCC[Si]1(C)OC(C)(CC)C(C)(C(C)(C)O)O1. The Labute approximate surface area is 107 Å². The van der Waals surface area contributed by atoms with Gasteiger partial charge in [-0.25, -0.2) is 0 Å². The van der Waals surface area contributed by atoms with Crippen LogP contribution in [0.3, 0.4) is 0 Å². The van der Waals surface area contributed by atoms with Gasteiger partial charge in [0, 0.05) is 0 Å². The summed E-state index contributed by atoms with van der Waals surface area (Å²) in [4.78, 5) is 0. The summed E-state index contributed by atoms with van der Waals surface area (Å²) < 4.78 is 12.6. The van der Waals surface area contributed by atoms with Crippen LogP contribution in [0.25, 0.3) is 0 Å². The first kappa shape index (κ1) is 15.2. The van der Waals surface area contributed by atoms with Gasteiger partial charge >= 0.3 is 8.56 Å². The Morgan fingerprint density at radius 2 is 1.71 bits per heavy atom.